The molecule has 106 valence electrons. The molecule has 0 saturated carbocycles. The fourth-order valence-corrected chi connectivity index (χ4v) is 2.27. The van der Waals surface area contributed by atoms with Crippen molar-refractivity contribution in [3.05, 3.63) is 78.4 Å². The van der Waals surface area contributed by atoms with Gasteiger partial charge in [-0.3, -0.25) is 0 Å². The first-order valence-electron chi connectivity index (χ1n) is 7.16. The smallest absolute Gasteiger partial charge is 0.119 e. The summed E-state index contributed by atoms with van der Waals surface area (Å²) in [6, 6.07) is 18.3. The van der Waals surface area contributed by atoms with Gasteiger partial charge < -0.3 is 9.30 Å². The first-order valence-corrected chi connectivity index (χ1v) is 7.16. The van der Waals surface area contributed by atoms with Crippen LogP contribution in [0, 0.1) is 0 Å². The van der Waals surface area contributed by atoms with Crippen molar-refractivity contribution in [3.8, 4) is 11.4 Å². The highest BCUT2D eigenvalue weighted by atomic mass is 16.5. The minimum Gasteiger partial charge on any atom is -0.489 e. The number of rotatable bonds is 5. The molecule has 3 heteroatoms. The van der Waals surface area contributed by atoms with Crippen LogP contribution in [0.4, 0.5) is 0 Å². The average Bonchev–Trinajstić information content (AvgIpc) is 3.03. The van der Waals surface area contributed by atoms with Crippen LogP contribution in [-0.2, 0) is 13.0 Å². The van der Waals surface area contributed by atoms with Gasteiger partial charge in [0.1, 0.15) is 18.2 Å². The predicted octanol–water partition coefficient (Wildman–Crippen LogP) is 4.01. The molecular weight excluding hydrogens is 260 g/mol. The van der Waals surface area contributed by atoms with Crippen molar-refractivity contribution < 1.29 is 4.74 Å². The van der Waals surface area contributed by atoms with Gasteiger partial charge in [0.05, 0.1) is 0 Å². The fraction of sp³-hybridized carbons (Fsp3) is 0.167. The summed E-state index contributed by atoms with van der Waals surface area (Å²) in [7, 11) is 0. The molecule has 0 unspecified atom stereocenters. The van der Waals surface area contributed by atoms with Crippen LogP contribution in [0.1, 0.15) is 18.3 Å². The van der Waals surface area contributed by atoms with Gasteiger partial charge in [-0.2, -0.15) is 0 Å². The molecule has 0 radical (unpaired) electrons. The lowest BCUT2D eigenvalue weighted by Gasteiger charge is -2.09. The predicted molar refractivity (Wildman–Crippen MR) is 83.7 cm³/mol. The summed E-state index contributed by atoms with van der Waals surface area (Å²) in [5.74, 6) is 1.94. The highest BCUT2D eigenvalue weighted by Crippen LogP contribution is 2.18. The van der Waals surface area contributed by atoms with Gasteiger partial charge in [0.15, 0.2) is 0 Å². The van der Waals surface area contributed by atoms with Gasteiger partial charge in [0.2, 0.25) is 0 Å². The lowest BCUT2D eigenvalue weighted by Crippen LogP contribution is -1.99. The molecule has 21 heavy (non-hydrogen) atoms. The van der Waals surface area contributed by atoms with E-state index in [1.54, 1.807) is 0 Å². The Hall–Kier alpha value is -2.55. The Morgan fingerprint density at radius 3 is 2.48 bits per heavy atom. The zero-order valence-corrected chi connectivity index (χ0v) is 12.1. The summed E-state index contributed by atoms with van der Waals surface area (Å²) in [6.07, 6.45) is 4.73. The Morgan fingerprint density at radius 1 is 1.00 bits per heavy atom. The zero-order chi connectivity index (χ0) is 14.5. The number of nitrogens with zero attached hydrogens (tertiary/aromatic N) is 2. The van der Waals surface area contributed by atoms with Gasteiger partial charge in [-0.25, -0.2) is 4.98 Å². The number of hydrogen-bond acceptors (Lipinski definition) is 2. The van der Waals surface area contributed by atoms with Gasteiger partial charge in [-0.05, 0) is 29.8 Å². The number of imidazole rings is 1. The van der Waals surface area contributed by atoms with E-state index < -0.39 is 0 Å². The van der Waals surface area contributed by atoms with Gasteiger partial charge in [0, 0.05) is 24.5 Å². The molecule has 0 saturated heterocycles. The van der Waals surface area contributed by atoms with Crippen molar-refractivity contribution in [2.45, 2.75) is 20.0 Å². The van der Waals surface area contributed by atoms with E-state index in [0.717, 1.165) is 23.7 Å². The SMILES string of the molecule is CCc1nccn1-c1ccc(OCc2ccccc2)cc1. The Morgan fingerprint density at radius 2 is 1.76 bits per heavy atom. The molecule has 0 N–H and O–H groups in total. The molecule has 0 amide bonds. The molecule has 0 bridgehead atoms. The van der Waals surface area contributed by atoms with E-state index in [1.807, 2.05) is 42.7 Å². The van der Waals surface area contributed by atoms with Gasteiger partial charge in [-0.1, -0.05) is 37.3 Å². The van der Waals surface area contributed by atoms with E-state index in [9.17, 15) is 0 Å². The maximum absolute atomic E-state index is 5.80. The summed E-state index contributed by atoms with van der Waals surface area (Å²) >= 11 is 0. The topological polar surface area (TPSA) is 27.1 Å². The quantitative estimate of drug-likeness (QED) is 0.705. The molecule has 1 heterocycles. The first kappa shape index (κ1) is 13.4. The fourth-order valence-electron chi connectivity index (χ4n) is 2.27. The standard InChI is InChI=1S/C18H18N2O/c1-2-18-19-12-13-20(18)16-8-10-17(11-9-16)21-14-15-6-4-3-5-7-15/h3-13H,2,14H2,1H3. The van der Waals surface area contributed by atoms with E-state index in [2.05, 4.69) is 40.7 Å². The van der Waals surface area contributed by atoms with Crippen molar-refractivity contribution >= 4 is 0 Å². The number of hydrogen-bond donors (Lipinski definition) is 0. The molecule has 0 spiro atoms. The largest absolute Gasteiger partial charge is 0.489 e. The molecule has 3 nitrogen and oxygen atoms in total. The van der Waals surface area contributed by atoms with E-state index in [-0.39, 0.29) is 0 Å². The highest BCUT2D eigenvalue weighted by molar-refractivity contribution is 5.38. The summed E-state index contributed by atoms with van der Waals surface area (Å²) < 4.78 is 7.89. The molecule has 0 fully saturated rings. The summed E-state index contributed by atoms with van der Waals surface area (Å²) in [5.41, 5.74) is 2.28. The van der Waals surface area contributed by atoms with Crippen molar-refractivity contribution in [2.24, 2.45) is 0 Å². The molecule has 1 aromatic heterocycles. The summed E-state index contributed by atoms with van der Waals surface area (Å²) in [5, 5.41) is 0. The second kappa shape index (κ2) is 6.27. The molecule has 3 aromatic rings. The molecular formula is C18H18N2O. The van der Waals surface area contributed by atoms with Crippen LogP contribution < -0.4 is 4.74 Å². The zero-order valence-electron chi connectivity index (χ0n) is 12.1. The maximum Gasteiger partial charge on any atom is 0.119 e. The van der Waals surface area contributed by atoms with Crippen LogP contribution >= 0.6 is 0 Å². The van der Waals surface area contributed by atoms with Crippen LogP contribution in [0.5, 0.6) is 5.75 Å². The van der Waals surface area contributed by atoms with E-state index in [0.29, 0.717) is 6.61 Å². The third-order valence-electron chi connectivity index (χ3n) is 3.40. The lowest BCUT2D eigenvalue weighted by molar-refractivity contribution is 0.306. The minimum absolute atomic E-state index is 0.589. The molecule has 0 aliphatic rings. The Balaban J connectivity index is 1.70. The number of benzene rings is 2. The Labute approximate surface area is 124 Å². The van der Waals surface area contributed by atoms with Crippen LogP contribution in [0.3, 0.4) is 0 Å². The van der Waals surface area contributed by atoms with Crippen LogP contribution in [-0.4, -0.2) is 9.55 Å². The number of ether oxygens (including phenoxy) is 1. The van der Waals surface area contributed by atoms with Crippen molar-refractivity contribution in [3.63, 3.8) is 0 Å². The molecule has 3 rings (SSSR count). The number of aryl methyl sites for hydroxylation is 1. The molecule has 2 aromatic carbocycles. The van der Waals surface area contributed by atoms with Gasteiger partial charge in [-0.15, -0.1) is 0 Å². The van der Waals surface area contributed by atoms with E-state index >= 15 is 0 Å². The normalized spacial score (nSPS) is 10.5. The summed E-state index contributed by atoms with van der Waals surface area (Å²) in [4.78, 5) is 4.34. The third kappa shape index (κ3) is 3.14. The second-order valence-electron chi connectivity index (χ2n) is 4.84. The monoisotopic (exact) mass is 278 g/mol. The van der Waals surface area contributed by atoms with Gasteiger partial charge >= 0.3 is 0 Å². The first-order chi connectivity index (χ1) is 10.4. The molecule has 0 aliphatic carbocycles. The highest BCUT2D eigenvalue weighted by Gasteiger charge is 2.03. The van der Waals surface area contributed by atoms with E-state index in [1.165, 1.54) is 5.56 Å². The lowest BCUT2D eigenvalue weighted by atomic mass is 10.2. The second-order valence-corrected chi connectivity index (χ2v) is 4.84. The molecule has 0 aliphatic heterocycles. The average molecular weight is 278 g/mol. The van der Waals surface area contributed by atoms with Gasteiger partial charge in [0.25, 0.3) is 0 Å². The van der Waals surface area contributed by atoms with Crippen molar-refractivity contribution in [1.29, 1.82) is 0 Å². The maximum atomic E-state index is 5.80. The Kier molecular flexibility index (Phi) is 4.01. The van der Waals surface area contributed by atoms with Crippen LogP contribution in [0.2, 0.25) is 0 Å². The van der Waals surface area contributed by atoms with Crippen molar-refractivity contribution in [2.75, 3.05) is 0 Å². The van der Waals surface area contributed by atoms with Crippen LogP contribution in [0.15, 0.2) is 67.0 Å². The minimum atomic E-state index is 0.589. The van der Waals surface area contributed by atoms with Crippen LogP contribution in [0.25, 0.3) is 5.69 Å². The third-order valence-corrected chi connectivity index (χ3v) is 3.40. The number of aromatic nitrogens is 2. The summed E-state index contributed by atoms with van der Waals surface area (Å²) in [6.45, 7) is 2.70. The molecule has 0 atom stereocenters. The van der Waals surface area contributed by atoms with Crippen molar-refractivity contribution in [1.82, 2.24) is 9.55 Å². The Bertz CT molecular complexity index is 687. The van der Waals surface area contributed by atoms with E-state index in [4.69, 9.17) is 4.74 Å².